The maximum Gasteiger partial charge on any atom is 0.269 e. The fourth-order valence-corrected chi connectivity index (χ4v) is 2.54. The summed E-state index contributed by atoms with van der Waals surface area (Å²) in [5, 5.41) is 10.6. The lowest BCUT2D eigenvalue weighted by atomic mass is 10.2. The highest BCUT2D eigenvalue weighted by molar-refractivity contribution is 6.27. The predicted octanol–water partition coefficient (Wildman–Crippen LogP) is 1.27. The van der Waals surface area contributed by atoms with Crippen molar-refractivity contribution in [2.24, 2.45) is 0 Å². The van der Waals surface area contributed by atoms with E-state index in [1.165, 1.54) is 24.3 Å². The molecule has 8 nitrogen and oxygen atoms in total. The molecule has 1 heterocycles. The van der Waals surface area contributed by atoms with Gasteiger partial charge in [0.05, 0.1) is 18.0 Å². The van der Waals surface area contributed by atoms with Crippen molar-refractivity contribution in [3.8, 4) is 5.75 Å². The van der Waals surface area contributed by atoms with Crippen LogP contribution in [-0.4, -0.2) is 65.2 Å². The normalized spacial score (nSPS) is 14.4. The molecule has 0 N–H and O–H groups in total. The first-order valence-corrected chi connectivity index (χ1v) is 8.03. The number of non-ortho nitro benzene ring substituents is 1. The van der Waals surface area contributed by atoms with E-state index in [0.29, 0.717) is 31.9 Å². The minimum Gasteiger partial charge on any atom is -0.493 e. The van der Waals surface area contributed by atoms with Crippen molar-refractivity contribution in [3.63, 3.8) is 0 Å². The lowest BCUT2D eigenvalue weighted by molar-refractivity contribution is -0.384. The number of nitro benzene ring substituents is 1. The molecular formula is C15H18ClN3O5. The van der Waals surface area contributed by atoms with Gasteiger partial charge < -0.3 is 14.5 Å². The number of carbonyl (C=O) groups is 2. The van der Waals surface area contributed by atoms with E-state index in [9.17, 15) is 19.7 Å². The molecule has 9 heteroatoms. The number of halogens is 1. The van der Waals surface area contributed by atoms with Gasteiger partial charge in [-0.15, -0.1) is 11.6 Å². The van der Waals surface area contributed by atoms with Gasteiger partial charge in [-0.3, -0.25) is 19.7 Å². The molecule has 130 valence electrons. The number of rotatable bonds is 6. The lowest BCUT2D eigenvalue weighted by Crippen LogP contribution is -2.51. The van der Waals surface area contributed by atoms with Crippen LogP contribution < -0.4 is 4.74 Å². The van der Waals surface area contributed by atoms with Gasteiger partial charge in [-0.1, -0.05) is 0 Å². The molecule has 1 saturated heterocycles. The summed E-state index contributed by atoms with van der Waals surface area (Å²) in [5.41, 5.74) is -0.0113. The summed E-state index contributed by atoms with van der Waals surface area (Å²) in [4.78, 5) is 37.0. The second-order valence-corrected chi connectivity index (χ2v) is 5.51. The Balaban J connectivity index is 1.72. The summed E-state index contributed by atoms with van der Waals surface area (Å²) < 4.78 is 5.43. The van der Waals surface area contributed by atoms with E-state index in [1.54, 1.807) is 9.80 Å². The molecular weight excluding hydrogens is 338 g/mol. The molecule has 1 fully saturated rings. The Morgan fingerprint density at radius 3 is 2.12 bits per heavy atom. The molecule has 0 bridgehead atoms. The lowest BCUT2D eigenvalue weighted by Gasteiger charge is -2.34. The van der Waals surface area contributed by atoms with E-state index in [4.69, 9.17) is 16.3 Å². The number of carbonyl (C=O) groups excluding carboxylic acids is 2. The summed E-state index contributed by atoms with van der Waals surface area (Å²) >= 11 is 5.51. The maximum atomic E-state index is 12.1. The third kappa shape index (κ3) is 4.82. The number of piperazine rings is 1. The standard InChI is InChI=1S/C15H18ClN3O5/c16-11-15(21)18-8-6-17(7-9-18)14(20)5-10-24-13-3-1-12(2-4-13)19(22)23/h1-4H,5-11H2. The van der Waals surface area contributed by atoms with Crippen molar-refractivity contribution in [1.29, 1.82) is 0 Å². The zero-order chi connectivity index (χ0) is 17.5. The molecule has 0 saturated carbocycles. The summed E-state index contributed by atoms with van der Waals surface area (Å²) in [6, 6.07) is 5.70. The number of ether oxygens (including phenoxy) is 1. The first-order chi connectivity index (χ1) is 11.5. The van der Waals surface area contributed by atoms with E-state index in [-0.39, 0.29) is 36.4 Å². The average Bonchev–Trinajstić information content (AvgIpc) is 2.61. The van der Waals surface area contributed by atoms with Gasteiger partial charge in [0.1, 0.15) is 11.6 Å². The molecule has 0 aliphatic carbocycles. The van der Waals surface area contributed by atoms with Gasteiger partial charge in [-0.05, 0) is 12.1 Å². The Morgan fingerprint density at radius 2 is 1.62 bits per heavy atom. The first kappa shape index (κ1) is 18.0. The Labute approximate surface area is 144 Å². The fraction of sp³-hybridized carbons (Fsp3) is 0.467. The van der Waals surface area contributed by atoms with E-state index in [2.05, 4.69) is 0 Å². The number of hydrogen-bond acceptors (Lipinski definition) is 5. The van der Waals surface area contributed by atoms with Gasteiger partial charge in [0.15, 0.2) is 0 Å². The molecule has 2 rings (SSSR count). The van der Waals surface area contributed by atoms with Gasteiger partial charge >= 0.3 is 0 Å². The van der Waals surface area contributed by atoms with Crippen LogP contribution in [0.15, 0.2) is 24.3 Å². The fourth-order valence-electron chi connectivity index (χ4n) is 2.37. The molecule has 0 aromatic heterocycles. The van der Waals surface area contributed by atoms with Crippen LogP contribution in [0.1, 0.15) is 6.42 Å². The van der Waals surface area contributed by atoms with Crippen molar-refractivity contribution in [2.45, 2.75) is 6.42 Å². The number of alkyl halides is 1. The third-order valence-corrected chi connectivity index (χ3v) is 3.96. The van der Waals surface area contributed by atoms with Crippen LogP contribution in [0.5, 0.6) is 5.75 Å². The van der Waals surface area contributed by atoms with Crippen molar-refractivity contribution >= 4 is 29.1 Å². The summed E-state index contributed by atoms with van der Waals surface area (Å²) in [5.74, 6) is 0.267. The minimum absolute atomic E-state index is 0.0113. The van der Waals surface area contributed by atoms with Crippen molar-refractivity contribution in [3.05, 3.63) is 34.4 Å². The van der Waals surface area contributed by atoms with Crippen LogP contribution >= 0.6 is 11.6 Å². The van der Waals surface area contributed by atoms with Crippen molar-refractivity contribution < 1.29 is 19.2 Å². The molecule has 0 atom stereocenters. The van der Waals surface area contributed by atoms with Crippen LogP contribution in [0.2, 0.25) is 0 Å². The Morgan fingerprint density at radius 1 is 1.08 bits per heavy atom. The smallest absolute Gasteiger partial charge is 0.269 e. The molecule has 24 heavy (non-hydrogen) atoms. The van der Waals surface area contributed by atoms with Crippen LogP contribution in [-0.2, 0) is 9.59 Å². The Bertz CT molecular complexity index is 600. The van der Waals surface area contributed by atoms with Gasteiger partial charge in [-0.25, -0.2) is 0 Å². The zero-order valence-corrected chi connectivity index (χ0v) is 13.8. The number of nitro groups is 1. The molecule has 0 radical (unpaired) electrons. The van der Waals surface area contributed by atoms with E-state index < -0.39 is 4.92 Å². The maximum absolute atomic E-state index is 12.1. The molecule has 1 aliphatic rings. The predicted molar refractivity (Wildman–Crippen MR) is 87.1 cm³/mol. The average molecular weight is 356 g/mol. The number of hydrogen-bond donors (Lipinski definition) is 0. The number of benzene rings is 1. The highest BCUT2D eigenvalue weighted by Crippen LogP contribution is 2.17. The molecule has 0 unspecified atom stereocenters. The third-order valence-electron chi connectivity index (χ3n) is 3.73. The quantitative estimate of drug-likeness (QED) is 0.435. The van der Waals surface area contributed by atoms with Crippen LogP contribution in [0.4, 0.5) is 5.69 Å². The van der Waals surface area contributed by atoms with Crippen LogP contribution in [0.25, 0.3) is 0 Å². The highest BCUT2D eigenvalue weighted by atomic mass is 35.5. The van der Waals surface area contributed by atoms with Gasteiger partial charge in [0, 0.05) is 38.3 Å². The van der Waals surface area contributed by atoms with Crippen LogP contribution in [0.3, 0.4) is 0 Å². The minimum atomic E-state index is -0.484. The summed E-state index contributed by atoms with van der Waals surface area (Å²) in [6.07, 6.45) is 0.209. The summed E-state index contributed by atoms with van der Waals surface area (Å²) in [6.45, 7) is 2.14. The van der Waals surface area contributed by atoms with Gasteiger partial charge in [-0.2, -0.15) is 0 Å². The molecule has 0 spiro atoms. The largest absolute Gasteiger partial charge is 0.493 e. The van der Waals surface area contributed by atoms with E-state index in [1.807, 2.05) is 0 Å². The molecule has 1 aliphatic heterocycles. The van der Waals surface area contributed by atoms with E-state index in [0.717, 1.165) is 0 Å². The second-order valence-electron chi connectivity index (χ2n) is 5.24. The molecule has 2 amide bonds. The second kappa shape index (κ2) is 8.49. The Kier molecular flexibility index (Phi) is 6.36. The van der Waals surface area contributed by atoms with Crippen molar-refractivity contribution in [2.75, 3.05) is 38.7 Å². The molecule has 1 aromatic carbocycles. The van der Waals surface area contributed by atoms with Gasteiger partial charge in [0.25, 0.3) is 5.69 Å². The first-order valence-electron chi connectivity index (χ1n) is 7.50. The highest BCUT2D eigenvalue weighted by Gasteiger charge is 2.23. The summed E-state index contributed by atoms with van der Waals surface area (Å²) in [7, 11) is 0. The number of nitrogens with zero attached hydrogens (tertiary/aromatic N) is 3. The number of amides is 2. The Hall–Kier alpha value is -2.35. The zero-order valence-electron chi connectivity index (χ0n) is 13.0. The SMILES string of the molecule is O=C(CCl)N1CCN(C(=O)CCOc2ccc([N+](=O)[O-])cc2)CC1. The van der Waals surface area contributed by atoms with Gasteiger partial charge in [0.2, 0.25) is 11.8 Å². The monoisotopic (exact) mass is 355 g/mol. The molecule has 1 aromatic rings. The van der Waals surface area contributed by atoms with Crippen LogP contribution in [0, 0.1) is 10.1 Å². The van der Waals surface area contributed by atoms with E-state index >= 15 is 0 Å². The topological polar surface area (TPSA) is 93.0 Å². The van der Waals surface area contributed by atoms with Crippen molar-refractivity contribution in [1.82, 2.24) is 9.80 Å².